The molecule has 106 valence electrons. The molecule has 1 aromatic heterocycles. The average molecular weight is 305 g/mol. The molecule has 0 saturated heterocycles. The Kier molecular flexibility index (Phi) is 3.65. The maximum absolute atomic E-state index is 11.7. The molecule has 0 unspecified atom stereocenters. The van der Waals surface area contributed by atoms with Gasteiger partial charge in [0.15, 0.2) is 11.5 Å². The molecule has 7 nitrogen and oxygen atoms in total. The van der Waals surface area contributed by atoms with E-state index in [1.165, 1.54) is 24.8 Å². The predicted molar refractivity (Wildman–Crippen MR) is 74.7 cm³/mol. The van der Waals surface area contributed by atoms with E-state index in [0.29, 0.717) is 22.1 Å². The third kappa shape index (κ3) is 2.92. The summed E-state index contributed by atoms with van der Waals surface area (Å²) in [4.78, 5) is 19.4. The molecule has 1 amide bonds. The molecule has 1 aromatic carbocycles. The summed E-state index contributed by atoms with van der Waals surface area (Å²) in [6.45, 7) is 0.162. The molecule has 0 aliphatic carbocycles. The molecule has 0 bridgehead atoms. The van der Waals surface area contributed by atoms with Crippen molar-refractivity contribution in [2.45, 2.75) is 0 Å². The molecule has 8 heteroatoms. The van der Waals surface area contributed by atoms with Crippen LogP contribution in [0, 0.1) is 0 Å². The first-order valence-corrected chi connectivity index (χ1v) is 6.30. The lowest BCUT2D eigenvalue weighted by Crippen LogP contribution is -2.19. The van der Waals surface area contributed by atoms with Crippen LogP contribution in [0.5, 0.6) is 11.5 Å². The van der Waals surface area contributed by atoms with Crippen LogP contribution in [-0.4, -0.2) is 28.9 Å². The number of carbonyl (C=O) groups excluding carboxylic acids is 1. The highest BCUT2D eigenvalue weighted by atomic mass is 35.5. The topological polar surface area (TPSA) is 85.7 Å². The zero-order valence-corrected chi connectivity index (χ0v) is 11.4. The maximum atomic E-state index is 11.7. The van der Waals surface area contributed by atoms with Crippen LogP contribution in [0.1, 0.15) is 16.1 Å². The molecule has 21 heavy (non-hydrogen) atoms. The van der Waals surface area contributed by atoms with Crippen LogP contribution in [0.2, 0.25) is 5.02 Å². The van der Waals surface area contributed by atoms with E-state index in [0.717, 1.165) is 0 Å². The summed E-state index contributed by atoms with van der Waals surface area (Å²) < 4.78 is 10.4. The van der Waals surface area contributed by atoms with Crippen molar-refractivity contribution in [2.24, 2.45) is 5.10 Å². The second kappa shape index (κ2) is 5.76. The number of carbonyl (C=O) groups is 1. The molecule has 0 atom stereocenters. The lowest BCUT2D eigenvalue weighted by atomic mass is 10.2. The van der Waals surface area contributed by atoms with Crippen LogP contribution in [0.4, 0.5) is 0 Å². The number of amides is 1. The lowest BCUT2D eigenvalue weighted by Gasteiger charge is -2.01. The zero-order chi connectivity index (χ0) is 14.7. The van der Waals surface area contributed by atoms with Crippen LogP contribution in [0.25, 0.3) is 0 Å². The van der Waals surface area contributed by atoms with E-state index >= 15 is 0 Å². The summed E-state index contributed by atoms with van der Waals surface area (Å²) in [7, 11) is 0. The zero-order valence-electron chi connectivity index (χ0n) is 10.6. The summed E-state index contributed by atoms with van der Waals surface area (Å²) in [6, 6.07) is 3.32. The Balaban J connectivity index is 1.71. The van der Waals surface area contributed by atoms with Gasteiger partial charge in [0.25, 0.3) is 5.91 Å². The number of benzene rings is 1. The van der Waals surface area contributed by atoms with Gasteiger partial charge in [0.2, 0.25) is 6.79 Å². The van der Waals surface area contributed by atoms with Gasteiger partial charge in [-0.15, -0.1) is 0 Å². The minimum absolute atomic E-state index is 0.162. The van der Waals surface area contributed by atoms with Gasteiger partial charge < -0.3 is 9.47 Å². The van der Waals surface area contributed by atoms with Crippen molar-refractivity contribution in [3.8, 4) is 11.5 Å². The van der Waals surface area contributed by atoms with Crippen molar-refractivity contribution in [1.29, 1.82) is 0 Å². The van der Waals surface area contributed by atoms with E-state index in [1.807, 2.05) is 0 Å². The van der Waals surface area contributed by atoms with Crippen LogP contribution >= 0.6 is 11.6 Å². The number of halogens is 1. The Morgan fingerprint density at radius 3 is 2.90 bits per heavy atom. The van der Waals surface area contributed by atoms with E-state index in [9.17, 15) is 4.79 Å². The highest BCUT2D eigenvalue weighted by Crippen LogP contribution is 2.36. The third-order valence-corrected chi connectivity index (χ3v) is 2.98. The van der Waals surface area contributed by atoms with Crippen LogP contribution in [0.15, 0.2) is 35.8 Å². The minimum atomic E-state index is -0.462. The van der Waals surface area contributed by atoms with Gasteiger partial charge in [0.1, 0.15) is 5.69 Å². The fraction of sp³-hybridized carbons (Fsp3) is 0.0769. The number of hydrogen-bond acceptors (Lipinski definition) is 6. The van der Waals surface area contributed by atoms with E-state index in [1.54, 1.807) is 12.1 Å². The van der Waals surface area contributed by atoms with Gasteiger partial charge in [0.05, 0.1) is 17.4 Å². The molecule has 0 spiro atoms. The number of fused-ring (bicyclic) bond motifs is 1. The van der Waals surface area contributed by atoms with Gasteiger partial charge in [-0.3, -0.25) is 9.78 Å². The molecule has 0 radical (unpaired) electrons. The summed E-state index contributed by atoms with van der Waals surface area (Å²) in [5.74, 6) is 0.707. The van der Waals surface area contributed by atoms with Gasteiger partial charge in [-0.25, -0.2) is 10.4 Å². The molecule has 1 aliphatic heterocycles. The molecule has 1 aliphatic rings. The number of rotatable bonds is 3. The normalized spacial score (nSPS) is 12.6. The fourth-order valence-corrected chi connectivity index (χ4v) is 1.87. The SMILES string of the molecule is O=C(NN=Cc1cc2c(cc1Cl)OCO2)c1cnccn1. The number of nitrogens with zero attached hydrogens (tertiary/aromatic N) is 3. The van der Waals surface area contributed by atoms with Crippen molar-refractivity contribution >= 4 is 23.7 Å². The molecule has 2 aromatic rings. The first-order chi connectivity index (χ1) is 10.2. The van der Waals surface area contributed by atoms with Gasteiger partial charge in [-0.05, 0) is 6.07 Å². The highest BCUT2D eigenvalue weighted by Gasteiger charge is 2.15. The molecular formula is C13H9ClN4O3. The molecule has 3 rings (SSSR count). The number of aromatic nitrogens is 2. The summed E-state index contributed by atoms with van der Waals surface area (Å²) in [5, 5.41) is 4.27. The van der Waals surface area contributed by atoms with Crippen LogP contribution in [-0.2, 0) is 0 Å². The lowest BCUT2D eigenvalue weighted by molar-refractivity contribution is 0.0949. The smallest absolute Gasteiger partial charge is 0.291 e. The first kappa shape index (κ1) is 13.3. The van der Waals surface area contributed by atoms with Gasteiger partial charge in [-0.1, -0.05) is 11.6 Å². The summed E-state index contributed by atoms with van der Waals surface area (Å²) in [6.07, 6.45) is 5.66. The van der Waals surface area contributed by atoms with Crippen LogP contribution in [0.3, 0.4) is 0 Å². The number of ether oxygens (including phenoxy) is 2. The maximum Gasteiger partial charge on any atom is 0.291 e. The quantitative estimate of drug-likeness (QED) is 0.688. The Bertz CT molecular complexity index is 706. The Morgan fingerprint density at radius 2 is 2.14 bits per heavy atom. The van der Waals surface area contributed by atoms with Gasteiger partial charge in [-0.2, -0.15) is 5.10 Å². The van der Waals surface area contributed by atoms with Crippen molar-refractivity contribution in [3.05, 3.63) is 47.0 Å². The molecule has 1 N–H and O–H groups in total. The fourth-order valence-electron chi connectivity index (χ4n) is 1.67. The van der Waals surface area contributed by atoms with E-state index in [4.69, 9.17) is 21.1 Å². The minimum Gasteiger partial charge on any atom is -0.454 e. The molecular weight excluding hydrogens is 296 g/mol. The highest BCUT2D eigenvalue weighted by molar-refractivity contribution is 6.33. The Hall–Kier alpha value is -2.67. The Morgan fingerprint density at radius 1 is 1.33 bits per heavy atom. The van der Waals surface area contributed by atoms with E-state index < -0.39 is 5.91 Å². The number of nitrogens with one attached hydrogen (secondary N) is 1. The largest absolute Gasteiger partial charge is 0.454 e. The van der Waals surface area contributed by atoms with Gasteiger partial charge in [0, 0.05) is 24.0 Å². The van der Waals surface area contributed by atoms with Crippen molar-refractivity contribution < 1.29 is 14.3 Å². The van der Waals surface area contributed by atoms with Crippen LogP contribution < -0.4 is 14.9 Å². The summed E-state index contributed by atoms with van der Waals surface area (Å²) >= 11 is 6.08. The van der Waals surface area contributed by atoms with E-state index in [2.05, 4.69) is 20.5 Å². The molecule has 0 saturated carbocycles. The molecule has 2 heterocycles. The summed E-state index contributed by atoms with van der Waals surface area (Å²) in [5.41, 5.74) is 3.11. The van der Waals surface area contributed by atoms with E-state index in [-0.39, 0.29) is 12.5 Å². The predicted octanol–water partition coefficient (Wildman–Crippen LogP) is 1.62. The monoisotopic (exact) mass is 304 g/mol. The number of hydrazone groups is 1. The van der Waals surface area contributed by atoms with Gasteiger partial charge >= 0.3 is 0 Å². The first-order valence-electron chi connectivity index (χ1n) is 5.92. The second-order valence-electron chi connectivity index (χ2n) is 4.02. The van der Waals surface area contributed by atoms with Crippen molar-refractivity contribution in [2.75, 3.05) is 6.79 Å². The third-order valence-electron chi connectivity index (χ3n) is 2.66. The van der Waals surface area contributed by atoms with Crippen molar-refractivity contribution in [3.63, 3.8) is 0 Å². The molecule has 0 fully saturated rings. The average Bonchev–Trinajstić information content (AvgIpc) is 2.95. The van der Waals surface area contributed by atoms with Crippen molar-refractivity contribution in [1.82, 2.24) is 15.4 Å². The number of hydrogen-bond donors (Lipinski definition) is 1. The second-order valence-corrected chi connectivity index (χ2v) is 4.42. The standard InChI is InChI=1S/C13H9ClN4O3/c14-9-4-12-11(20-7-21-12)3-8(9)5-17-18-13(19)10-6-15-1-2-16-10/h1-6H,7H2,(H,18,19). The Labute approximate surface area is 124 Å².